The van der Waals surface area contributed by atoms with Crippen LogP contribution in [0.25, 0.3) is 55.8 Å². The Hall–Kier alpha value is -5.04. The quantitative estimate of drug-likeness (QED) is 0.193. The van der Waals surface area contributed by atoms with Crippen molar-refractivity contribution >= 4 is 43.5 Å². The highest BCUT2D eigenvalue weighted by molar-refractivity contribution is 7.90. The molecule has 6 aromatic rings. The Bertz CT molecular complexity index is 2180. The van der Waals surface area contributed by atoms with Gasteiger partial charge in [-0.1, -0.05) is 26.8 Å². The third kappa shape index (κ3) is 6.88. The number of nitrogens with one attached hydrogen (secondary N) is 3. The normalized spacial score (nSPS) is 12.2. The lowest BCUT2D eigenvalue weighted by molar-refractivity contribution is -0.117. The van der Waals surface area contributed by atoms with Gasteiger partial charge in [-0.25, -0.2) is 22.8 Å². The van der Waals surface area contributed by atoms with Crippen molar-refractivity contribution in [2.45, 2.75) is 33.6 Å². The van der Waals surface area contributed by atoms with Gasteiger partial charge in [0.05, 0.1) is 40.3 Å². The Morgan fingerprint density at radius 2 is 1.73 bits per heavy atom. The Morgan fingerprint density at radius 1 is 0.956 bits per heavy atom. The van der Waals surface area contributed by atoms with Crippen LogP contribution in [0.2, 0.25) is 0 Å². The van der Waals surface area contributed by atoms with Gasteiger partial charge in [0.2, 0.25) is 5.91 Å². The fourth-order valence-corrected chi connectivity index (χ4v) is 5.71. The molecule has 1 aromatic carbocycles. The van der Waals surface area contributed by atoms with E-state index in [-0.39, 0.29) is 23.5 Å². The van der Waals surface area contributed by atoms with Gasteiger partial charge >= 0.3 is 0 Å². The summed E-state index contributed by atoms with van der Waals surface area (Å²) in [6.45, 7) is 6.02. The molecule has 5 heterocycles. The standard InChI is InChI=1S/C32H31FN8O3S/c1-32(2,3)12-27(42)37-23-10-20(13-34-15-23)21-11-24-29(40-41-30(24)36-14-21)31-38-26-17-35-16-25(28(26)39-31)19-7-18(8-22(33)9-19)5-6-45(4,43)44/h7-11,13-17H,5-6,12H2,1-4H3,(H,37,42)(H,38,39)(H,36,40,41). The van der Waals surface area contributed by atoms with Crippen LogP contribution in [0, 0.1) is 11.2 Å². The molecule has 6 rings (SSSR count). The zero-order valence-corrected chi connectivity index (χ0v) is 26.0. The number of fused-ring (bicyclic) bond motifs is 2. The minimum absolute atomic E-state index is 0.0833. The van der Waals surface area contributed by atoms with Gasteiger partial charge in [-0.15, -0.1) is 0 Å². The number of aryl methyl sites for hydroxylation is 1. The van der Waals surface area contributed by atoms with E-state index in [1.807, 2.05) is 32.9 Å². The first kappa shape index (κ1) is 30.0. The van der Waals surface area contributed by atoms with Crippen molar-refractivity contribution in [1.29, 1.82) is 0 Å². The molecule has 0 aliphatic heterocycles. The predicted octanol–water partition coefficient (Wildman–Crippen LogP) is 5.73. The SMILES string of the molecule is CC(C)(C)CC(=O)Nc1cncc(-c2cnc3n[nH]c(-c4nc5c(-c6cc(F)cc(CCS(C)(=O)=O)c6)cncc5[nH]4)c3c2)c1. The van der Waals surface area contributed by atoms with Crippen LogP contribution in [0.5, 0.6) is 0 Å². The molecule has 0 spiro atoms. The van der Waals surface area contributed by atoms with E-state index in [2.05, 4.69) is 35.5 Å². The highest BCUT2D eigenvalue weighted by Crippen LogP contribution is 2.33. The summed E-state index contributed by atoms with van der Waals surface area (Å²) in [5.74, 6) is -0.167. The molecule has 0 bridgehead atoms. The fourth-order valence-electron chi connectivity index (χ4n) is 5.11. The smallest absolute Gasteiger partial charge is 0.224 e. The van der Waals surface area contributed by atoms with Crippen molar-refractivity contribution in [1.82, 2.24) is 35.1 Å². The number of nitrogens with zero attached hydrogens (tertiary/aromatic N) is 5. The van der Waals surface area contributed by atoms with Crippen LogP contribution < -0.4 is 5.32 Å². The van der Waals surface area contributed by atoms with E-state index in [0.717, 1.165) is 17.4 Å². The lowest BCUT2D eigenvalue weighted by atomic mass is 9.92. The average Bonchev–Trinajstić information content (AvgIpc) is 3.58. The molecule has 5 aromatic heterocycles. The van der Waals surface area contributed by atoms with Crippen molar-refractivity contribution in [2.24, 2.45) is 5.41 Å². The minimum Gasteiger partial charge on any atom is -0.335 e. The molecular formula is C32H31FN8O3S. The first-order chi connectivity index (χ1) is 21.3. The number of carbonyl (C=O) groups is 1. The van der Waals surface area contributed by atoms with Crippen molar-refractivity contribution in [3.63, 3.8) is 0 Å². The summed E-state index contributed by atoms with van der Waals surface area (Å²) in [5.41, 5.74) is 5.93. The summed E-state index contributed by atoms with van der Waals surface area (Å²) < 4.78 is 38.0. The van der Waals surface area contributed by atoms with E-state index in [9.17, 15) is 17.6 Å². The second-order valence-electron chi connectivity index (χ2n) is 12.3. The van der Waals surface area contributed by atoms with E-state index in [4.69, 9.17) is 4.98 Å². The van der Waals surface area contributed by atoms with E-state index < -0.39 is 15.7 Å². The molecule has 11 nitrogen and oxygen atoms in total. The molecule has 0 aliphatic rings. The number of aromatic nitrogens is 7. The molecular weight excluding hydrogens is 595 g/mol. The number of rotatable bonds is 8. The molecule has 0 fully saturated rings. The van der Waals surface area contributed by atoms with Gasteiger partial charge < -0.3 is 10.3 Å². The summed E-state index contributed by atoms with van der Waals surface area (Å²) in [6, 6.07) is 8.24. The number of imidazole rings is 1. The van der Waals surface area contributed by atoms with Crippen LogP contribution in [-0.2, 0) is 21.1 Å². The molecule has 0 unspecified atom stereocenters. The fraction of sp³-hybridized carbons (Fsp3) is 0.250. The number of sulfone groups is 1. The zero-order chi connectivity index (χ0) is 31.9. The zero-order valence-electron chi connectivity index (χ0n) is 25.1. The molecule has 45 heavy (non-hydrogen) atoms. The highest BCUT2D eigenvalue weighted by Gasteiger charge is 2.19. The van der Waals surface area contributed by atoms with Gasteiger partial charge in [-0.3, -0.25) is 19.9 Å². The number of benzene rings is 1. The first-order valence-electron chi connectivity index (χ1n) is 14.2. The number of hydrogen-bond donors (Lipinski definition) is 3. The van der Waals surface area contributed by atoms with Crippen molar-refractivity contribution in [3.8, 4) is 33.8 Å². The topological polar surface area (TPSA) is 159 Å². The van der Waals surface area contributed by atoms with Gasteiger partial charge in [-0.05, 0) is 47.2 Å². The second-order valence-corrected chi connectivity index (χ2v) is 14.6. The number of anilines is 1. The maximum absolute atomic E-state index is 14.6. The third-order valence-corrected chi connectivity index (χ3v) is 8.06. The number of pyridine rings is 3. The molecule has 0 saturated carbocycles. The molecule has 0 saturated heterocycles. The Balaban J connectivity index is 1.34. The van der Waals surface area contributed by atoms with Crippen molar-refractivity contribution in [3.05, 3.63) is 72.7 Å². The Kier molecular flexibility index (Phi) is 7.65. The lowest BCUT2D eigenvalue weighted by Crippen LogP contribution is -2.19. The molecule has 0 radical (unpaired) electrons. The number of amides is 1. The summed E-state index contributed by atoms with van der Waals surface area (Å²) in [6.07, 6.45) is 9.95. The van der Waals surface area contributed by atoms with E-state index >= 15 is 0 Å². The van der Waals surface area contributed by atoms with Gasteiger partial charge in [0, 0.05) is 48.0 Å². The van der Waals surface area contributed by atoms with Crippen molar-refractivity contribution in [2.75, 3.05) is 17.3 Å². The third-order valence-electron chi connectivity index (χ3n) is 7.12. The average molecular weight is 627 g/mol. The molecule has 0 atom stereocenters. The lowest BCUT2D eigenvalue weighted by Gasteiger charge is -2.17. The highest BCUT2D eigenvalue weighted by atomic mass is 32.2. The van der Waals surface area contributed by atoms with Crippen LogP contribution in [0.3, 0.4) is 0 Å². The van der Waals surface area contributed by atoms with Crippen molar-refractivity contribution < 1.29 is 17.6 Å². The largest absolute Gasteiger partial charge is 0.335 e. The van der Waals surface area contributed by atoms with Crippen LogP contribution in [0.15, 0.2) is 61.3 Å². The first-order valence-corrected chi connectivity index (χ1v) is 16.3. The van der Waals surface area contributed by atoms with E-state index in [1.165, 1.54) is 12.1 Å². The van der Waals surface area contributed by atoms with Gasteiger partial charge in [0.25, 0.3) is 0 Å². The number of H-pyrrole nitrogens is 2. The van der Waals surface area contributed by atoms with Gasteiger partial charge in [0.1, 0.15) is 21.3 Å². The Labute approximate surface area is 258 Å². The summed E-state index contributed by atoms with van der Waals surface area (Å²) in [7, 11) is -3.21. The summed E-state index contributed by atoms with van der Waals surface area (Å²) in [4.78, 5) is 33.8. The molecule has 3 N–H and O–H groups in total. The number of halogens is 1. The maximum atomic E-state index is 14.6. The monoisotopic (exact) mass is 626 g/mol. The number of hydrogen-bond acceptors (Lipinski definition) is 8. The van der Waals surface area contributed by atoms with Gasteiger partial charge in [0.15, 0.2) is 11.5 Å². The van der Waals surface area contributed by atoms with E-state index in [1.54, 1.807) is 37.1 Å². The molecule has 13 heteroatoms. The maximum Gasteiger partial charge on any atom is 0.224 e. The van der Waals surface area contributed by atoms with Crippen LogP contribution in [0.4, 0.5) is 10.1 Å². The van der Waals surface area contributed by atoms with E-state index in [0.29, 0.717) is 62.4 Å². The number of aromatic amines is 2. The van der Waals surface area contributed by atoms with Crippen LogP contribution in [-0.4, -0.2) is 61.5 Å². The second kappa shape index (κ2) is 11.5. The van der Waals surface area contributed by atoms with Crippen LogP contribution >= 0.6 is 0 Å². The number of carbonyl (C=O) groups excluding carboxylic acids is 1. The predicted molar refractivity (Wildman–Crippen MR) is 172 cm³/mol. The minimum atomic E-state index is -3.21. The molecule has 0 aliphatic carbocycles. The molecule has 1 amide bonds. The van der Waals surface area contributed by atoms with Gasteiger partial charge in [-0.2, -0.15) is 5.10 Å². The summed E-state index contributed by atoms with van der Waals surface area (Å²) >= 11 is 0. The Morgan fingerprint density at radius 3 is 2.51 bits per heavy atom. The molecule has 230 valence electrons. The summed E-state index contributed by atoms with van der Waals surface area (Å²) in [5, 5.41) is 11.0. The van der Waals surface area contributed by atoms with Crippen LogP contribution in [0.1, 0.15) is 32.8 Å².